The van der Waals surface area contributed by atoms with Gasteiger partial charge in [-0.1, -0.05) is 168 Å². The monoisotopic (exact) mass is 1410 g/mol. The average molecular weight is 1410 g/mol. The molecule has 0 aliphatic carbocycles. The smallest absolute Gasteiger partial charge is 0.270 e. The van der Waals surface area contributed by atoms with Crippen LogP contribution in [0, 0.1) is 20.2 Å². The highest BCUT2D eigenvalue weighted by Gasteiger charge is 2.15. The fraction of sp³-hybridized carbons (Fsp3) is 0.0235. The molecule has 4 N–H and O–H groups in total. The summed E-state index contributed by atoms with van der Waals surface area (Å²) < 4.78 is 0.724. The summed E-state index contributed by atoms with van der Waals surface area (Å²) in [6, 6.07) is 85.6. The van der Waals surface area contributed by atoms with Crippen LogP contribution in [0.25, 0.3) is 89.0 Å². The number of nitrogens with two attached hydrogens (primary N) is 2. The van der Waals surface area contributed by atoms with E-state index in [1.54, 1.807) is 61.4 Å². The van der Waals surface area contributed by atoms with Crippen molar-refractivity contribution >= 4 is 50.1 Å². The van der Waals surface area contributed by atoms with Crippen molar-refractivity contribution in [3.05, 3.63) is 390 Å². The van der Waals surface area contributed by atoms with Gasteiger partial charge < -0.3 is 11.5 Å². The Kier molecular flexibility index (Phi) is 24.8. The van der Waals surface area contributed by atoms with Crippen LogP contribution in [0.4, 0.5) is 34.1 Å². The first-order valence-corrected chi connectivity index (χ1v) is 33.3. The topological polar surface area (TPSA) is 253 Å². The second-order valence-corrected chi connectivity index (χ2v) is 23.9. The number of anilines is 2. The van der Waals surface area contributed by atoms with Crippen LogP contribution in [-0.2, 0) is 12.8 Å². The Bertz CT molecular complexity index is 5180. The number of nitro benzene ring substituents is 2. The Morgan fingerprint density at radius 1 is 0.311 bits per heavy atom. The van der Waals surface area contributed by atoms with Gasteiger partial charge in [0, 0.05) is 166 Å². The lowest BCUT2D eigenvalue weighted by Gasteiger charge is -2.15. The molecule has 0 unspecified atom stereocenters. The number of nitrogens with zero attached hydrogens (tertiary/aromatic N) is 11. The Morgan fingerprint density at radius 3 is 1.17 bits per heavy atom. The van der Waals surface area contributed by atoms with E-state index >= 15 is 0 Å². The maximum atomic E-state index is 10.6. The van der Waals surface area contributed by atoms with Gasteiger partial charge >= 0.3 is 0 Å². The van der Waals surface area contributed by atoms with E-state index in [4.69, 9.17) is 11.5 Å². The first-order valence-electron chi connectivity index (χ1n) is 32.5. The first-order chi connectivity index (χ1) is 50.5. The molecular weight excluding hydrogens is 1350 g/mol. The number of aryl methyl sites for hydroxylation is 2. The zero-order valence-electron chi connectivity index (χ0n) is 55.5. The molecular formula is C85H66BrN13O4. The third kappa shape index (κ3) is 20.2. The predicted molar refractivity (Wildman–Crippen MR) is 415 cm³/mol. The van der Waals surface area contributed by atoms with E-state index in [1.807, 2.05) is 207 Å². The van der Waals surface area contributed by atoms with Crippen molar-refractivity contribution in [1.29, 1.82) is 0 Å². The molecule has 0 atom stereocenters. The summed E-state index contributed by atoms with van der Waals surface area (Å²) in [6.45, 7) is 0. The minimum absolute atomic E-state index is 0.0938. The van der Waals surface area contributed by atoms with Gasteiger partial charge in [-0.05, 0) is 165 Å². The minimum atomic E-state index is -0.426. The Balaban J connectivity index is 0.000000134. The maximum Gasteiger partial charge on any atom is 0.270 e. The van der Waals surface area contributed by atoms with Gasteiger partial charge in [0.25, 0.3) is 11.4 Å². The average Bonchev–Trinajstić information content (AvgIpc) is 0.781. The number of non-ortho nitro benzene ring substituents is 2. The standard InChI is InChI=1S/C24H20N2.C22H18N4.C22H16N4.C11H8N2O2.C6H4BrNO2/c1-2-11-24(23-10-5-15-26-18-23)20(7-1)13-12-19-6-3-8-21(16-19)22-9-4-14-25-17-22;23-17-5-7-19(21(11-17)15-3-1-9-25-13-15)20-8-6-18(24)12-22(20)16-4-2-10-26-14-16;1-2-11-22(21(10-1)19-8-5-13-24-16-19)26-25-20-9-3-6-17(14-20)18-7-4-12-23-15-18;14-13(15)11-5-1-3-9(7-11)10-4-2-6-12-8-10;7-5-2-1-3-6(4-5)8(9)10/h1-11,14-18H,12-13H2;1-14H,23-24H2;1-16H;1-8H;1-4H. The van der Waals surface area contributed by atoms with E-state index in [9.17, 15) is 20.2 Å². The van der Waals surface area contributed by atoms with Gasteiger partial charge in [0.15, 0.2) is 0 Å². The molecule has 0 fully saturated rings. The molecule has 7 heterocycles. The SMILES string of the molecule is Nc1ccc(-c2ccc(N)cc2-c2cccnc2)c(-c2cccnc2)c1.O=[N+]([O-])c1cccc(-c2cccnc2)c1.O=[N+]([O-])c1cccc(Br)c1.c1cncc(-c2cccc(CCc3ccccc3-c3cccnc3)c2)c1.c1cncc(-c2cccc(N=Nc3ccccc3-c3cccnc3)c2)c1. The largest absolute Gasteiger partial charge is 0.399 e. The van der Waals surface area contributed by atoms with E-state index in [1.165, 1.54) is 52.1 Å². The molecule has 15 rings (SSSR count). The molecule has 0 saturated carbocycles. The summed E-state index contributed by atoms with van der Waals surface area (Å²) in [5.74, 6) is 0. The van der Waals surface area contributed by atoms with Gasteiger partial charge in [0.05, 0.1) is 21.2 Å². The molecule has 17 nitrogen and oxygen atoms in total. The van der Waals surface area contributed by atoms with Crippen molar-refractivity contribution in [3.8, 4) is 89.0 Å². The Labute approximate surface area is 604 Å². The second-order valence-electron chi connectivity index (χ2n) is 23.0. The molecule has 502 valence electrons. The number of aromatic nitrogens is 7. The molecule has 0 aliphatic heterocycles. The molecule has 0 amide bonds. The van der Waals surface area contributed by atoms with Gasteiger partial charge in [0.1, 0.15) is 0 Å². The van der Waals surface area contributed by atoms with Crippen molar-refractivity contribution in [1.82, 2.24) is 34.9 Å². The quantitative estimate of drug-likeness (QED) is 0.0420. The molecule has 0 radical (unpaired) electrons. The number of pyridine rings is 7. The Hall–Kier alpha value is -13.7. The van der Waals surface area contributed by atoms with E-state index in [2.05, 4.69) is 122 Å². The zero-order valence-corrected chi connectivity index (χ0v) is 57.1. The maximum absolute atomic E-state index is 10.6. The van der Waals surface area contributed by atoms with Crippen molar-refractivity contribution in [2.75, 3.05) is 11.5 Å². The third-order valence-electron chi connectivity index (χ3n) is 16.0. The van der Waals surface area contributed by atoms with Crippen LogP contribution in [0.1, 0.15) is 11.1 Å². The second kappa shape index (κ2) is 36.2. The lowest BCUT2D eigenvalue weighted by atomic mass is 9.89. The highest BCUT2D eigenvalue weighted by Crippen LogP contribution is 2.40. The highest BCUT2D eigenvalue weighted by atomic mass is 79.9. The van der Waals surface area contributed by atoms with Crippen LogP contribution >= 0.6 is 15.9 Å². The molecule has 0 spiro atoms. The van der Waals surface area contributed by atoms with Crippen LogP contribution in [0.5, 0.6) is 0 Å². The van der Waals surface area contributed by atoms with Crippen LogP contribution in [-0.4, -0.2) is 44.7 Å². The highest BCUT2D eigenvalue weighted by molar-refractivity contribution is 9.10. The van der Waals surface area contributed by atoms with Gasteiger partial charge in [-0.2, -0.15) is 5.11 Å². The summed E-state index contributed by atoms with van der Waals surface area (Å²) in [5.41, 5.74) is 35.0. The van der Waals surface area contributed by atoms with Crippen LogP contribution in [0.3, 0.4) is 0 Å². The Morgan fingerprint density at radius 2 is 0.699 bits per heavy atom. The molecule has 15 aromatic rings. The molecule has 8 aromatic carbocycles. The van der Waals surface area contributed by atoms with E-state index in [0.29, 0.717) is 11.4 Å². The van der Waals surface area contributed by atoms with Crippen molar-refractivity contribution in [2.45, 2.75) is 12.8 Å². The molecule has 0 bridgehead atoms. The van der Waals surface area contributed by atoms with Gasteiger partial charge in [-0.25, -0.2) is 0 Å². The number of nitrogen functional groups attached to an aromatic ring is 2. The van der Waals surface area contributed by atoms with Crippen LogP contribution < -0.4 is 11.5 Å². The summed E-state index contributed by atoms with van der Waals surface area (Å²) in [4.78, 5) is 49.2. The third-order valence-corrected chi connectivity index (χ3v) is 16.5. The molecule has 0 saturated heterocycles. The van der Waals surface area contributed by atoms with Gasteiger partial charge in [-0.15, -0.1) is 5.11 Å². The van der Waals surface area contributed by atoms with Crippen molar-refractivity contribution in [2.24, 2.45) is 10.2 Å². The number of hydrogen-bond acceptors (Lipinski definition) is 15. The summed E-state index contributed by atoms with van der Waals surface area (Å²) in [5, 5.41) is 29.6. The minimum Gasteiger partial charge on any atom is -0.399 e. The van der Waals surface area contributed by atoms with E-state index < -0.39 is 9.85 Å². The molecule has 7 aromatic heterocycles. The fourth-order valence-corrected chi connectivity index (χ4v) is 11.4. The first kappa shape index (κ1) is 70.6. The van der Waals surface area contributed by atoms with Crippen molar-refractivity contribution in [3.63, 3.8) is 0 Å². The lowest BCUT2D eigenvalue weighted by molar-refractivity contribution is -0.385. The summed E-state index contributed by atoms with van der Waals surface area (Å²) in [7, 11) is 0. The van der Waals surface area contributed by atoms with E-state index in [-0.39, 0.29) is 11.4 Å². The number of halogens is 1. The zero-order chi connectivity index (χ0) is 71.4. The number of nitro groups is 2. The summed E-state index contributed by atoms with van der Waals surface area (Å²) >= 11 is 3.13. The van der Waals surface area contributed by atoms with Crippen LogP contribution in [0.2, 0.25) is 0 Å². The molecule has 103 heavy (non-hydrogen) atoms. The summed E-state index contributed by atoms with van der Waals surface area (Å²) in [6.07, 6.45) is 27.2. The number of benzene rings is 8. The van der Waals surface area contributed by atoms with Gasteiger partial charge in [-0.3, -0.25) is 55.1 Å². The lowest BCUT2D eigenvalue weighted by Crippen LogP contribution is -1.95. The molecule has 18 heteroatoms. The normalized spacial score (nSPS) is 10.5. The number of rotatable bonds is 15. The predicted octanol–water partition coefficient (Wildman–Crippen LogP) is 21.5. The van der Waals surface area contributed by atoms with Crippen LogP contribution in [0.15, 0.2) is 368 Å². The van der Waals surface area contributed by atoms with E-state index in [0.717, 1.165) is 101 Å². The number of hydrogen-bond donors (Lipinski definition) is 2. The van der Waals surface area contributed by atoms with Gasteiger partial charge in [0.2, 0.25) is 0 Å². The number of azo groups is 1. The fourth-order valence-electron chi connectivity index (χ4n) is 11.0. The van der Waals surface area contributed by atoms with Crippen molar-refractivity contribution < 1.29 is 9.85 Å². The molecule has 0 aliphatic rings.